The molecule has 2 nitrogen and oxygen atoms in total. The molecule has 0 fully saturated rings. The SMILES string of the molecule is CCC(C)(C(C)O)N1CCC=C(Cl)C1. The van der Waals surface area contributed by atoms with E-state index in [2.05, 4.69) is 24.8 Å². The normalized spacial score (nSPS) is 25.4. The fourth-order valence-electron chi connectivity index (χ4n) is 1.92. The molecule has 0 aliphatic carbocycles. The Morgan fingerprint density at radius 2 is 2.36 bits per heavy atom. The van der Waals surface area contributed by atoms with Gasteiger partial charge in [0.2, 0.25) is 0 Å². The average Bonchev–Trinajstić information content (AvgIpc) is 2.16. The van der Waals surface area contributed by atoms with Gasteiger partial charge in [-0.15, -0.1) is 0 Å². The quantitative estimate of drug-likeness (QED) is 0.785. The second-order valence-electron chi connectivity index (χ2n) is 4.25. The van der Waals surface area contributed by atoms with Crippen molar-refractivity contribution in [2.75, 3.05) is 13.1 Å². The van der Waals surface area contributed by atoms with Crippen LogP contribution in [-0.4, -0.2) is 34.7 Å². The van der Waals surface area contributed by atoms with E-state index in [0.29, 0.717) is 0 Å². The van der Waals surface area contributed by atoms with E-state index < -0.39 is 0 Å². The predicted octanol–water partition coefficient (Wildman–Crippen LogP) is 2.36. The van der Waals surface area contributed by atoms with Crippen LogP contribution in [0.4, 0.5) is 0 Å². The Balaban J connectivity index is 2.75. The maximum absolute atomic E-state index is 9.81. The molecule has 0 spiro atoms. The molecule has 14 heavy (non-hydrogen) atoms. The summed E-state index contributed by atoms with van der Waals surface area (Å²) in [6, 6.07) is 0. The van der Waals surface area contributed by atoms with Gasteiger partial charge < -0.3 is 5.11 Å². The standard InChI is InChI=1S/C11H20ClNO/c1-4-11(3,9(2)14)13-7-5-6-10(12)8-13/h6,9,14H,4-5,7-8H2,1-3H3. The van der Waals surface area contributed by atoms with Gasteiger partial charge in [0, 0.05) is 23.7 Å². The summed E-state index contributed by atoms with van der Waals surface area (Å²) >= 11 is 6.02. The number of aliphatic hydroxyl groups is 1. The molecule has 82 valence electrons. The van der Waals surface area contributed by atoms with Gasteiger partial charge in [-0.1, -0.05) is 24.6 Å². The summed E-state index contributed by atoms with van der Waals surface area (Å²) in [6.45, 7) is 7.84. The zero-order valence-electron chi connectivity index (χ0n) is 9.26. The van der Waals surface area contributed by atoms with Gasteiger partial charge in [0.25, 0.3) is 0 Å². The third-order valence-corrected chi connectivity index (χ3v) is 3.72. The van der Waals surface area contributed by atoms with Crippen LogP contribution in [0.1, 0.15) is 33.6 Å². The molecular weight excluding hydrogens is 198 g/mol. The first kappa shape index (κ1) is 12.0. The summed E-state index contributed by atoms with van der Waals surface area (Å²) in [4.78, 5) is 2.28. The first-order chi connectivity index (χ1) is 6.50. The smallest absolute Gasteiger partial charge is 0.0693 e. The molecule has 0 aromatic rings. The third-order valence-electron chi connectivity index (χ3n) is 3.44. The molecule has 0 saturated heterocycles. The van der Waals surface area contributed by atoms with Crippen LogP contribution < -0.4 is 0 Å². The van der Waals surface area contributed by atoms with Gasteiger partial charge in [-0.05, 0) is 26.7 Å². The first-order valence-electron chi connectivity index (χ1n) is 5.28. The van der Waals surface area contributed by atoms with E-state index in [1.165, 1.54) is 0 Å². The van der Waals surface area contributed by atoms with Gasteiger partial charge in [-0.25, -0.2) is 0 Å². The highest BCUT2D eigenvalue weighted by atomic mass is 35.5. The fraction of sp³-hybridized carbons (Fsp3) is 0.818. The lowest BCUT2D eigenvalue weighted by Crippen LogP contribution is -2.54. The van der Waals surface area contributed by atoms with E-state index in [0.717, 1.165) is 31.0 Å². The lowest BCUT2D eigenvalue weighted by atomic mass is 9.89. The van der Waals surface area contributed by atoms with Crippen molar-refractivity contribution in [2.24, 2.45) is 0 Å². The third kappa shape index (κ3) is 2.30. The highest BCUT2D eigenvalue weighted by molar-refractivity contribution is 6.29. The van der Waals surface area contributed by atoms with Crippen LogP contribution in [0.5, 0.6) is 0 Å². The minimum absolute atomic E-state index is 0.144. The number of hydrogen-bond donors (Lipinski definition) is 1. The summed E-state index contributed by atoms with van der Waals surface area (Å²) in [5, 5.41) is 10.7. The van der Waals surface area contributed by atoms with Crippen molar-refractivity contribution in [3.05, 3.63) is 11.1 Å². The second-order valence-corrected chi connectivity index (χ2v) is 4.73. The van der Waals surface area contributed by atoms with Crippen molar-refractivity contribution < 1.29 is 5.11 Å². The number of halogens is 1. The topological polar surface area (TPSA) is 23.5 Å². The Kier molecular flexibility index (Phi) is 3.99. The number of hydrogen-bond acceptors (Lipinski definition) is 2. The van der Waals surface area contributed by atoms with Gasteiger partial charge in [0.15, 0.2) is 0 Å². The van der Waals surface area contributed by atoms with Crippen molar-refractivity contribution in [1.29, 1.82) is 0 Å². The maximum atomic E-state index is 9.81. The molecule has 0 amide bonds. The van der Waals surface area contributed by atoms with Gasteiger partial charge >= 0.3 is 0 Å². The van der Waals surface area contributed by atoms with Crippen molar-refractivity contribution in [3.63, 3.8) is 0 Å². The second kappa shape index (κ2) is 4.65. The Hall–Kier alpha value is -0.0500. The van der Waals surface area contributed by atoms with Crippen molar-refractivity contribution in [1.82, 2.24) is 4.90 Å². The highest BCUT2D eigenvalue weighted by Crippen LogP contribution is 2.28. The summed E-state index contributed by atoms with van der Waals surface area (Å²) in [7, 11) is 0. The largest absolute Gasteiger partial charge is 0.391 e. The summed E-state index contributed by atoms with van der Waals surface area (Å²) in [6.07, 6.45) is 3.67. The van der Waals surface area contributed by atoms with Gasteiger partial charge in [-0.3, -0.25) is 4.90 Å². The molecule has 0 aromatic carbocycles. The molecule has 3 heteroatoms. The van der Waals surface area contributed by atoms with Crippen LogP contribution in [0, 0.1) is 0 Å². The molecule has 1 aliphatic rings. The fourth-order valence-corrected chi connectivity index (χ4v) is 2.18. The van der Waals surface area contributed by atoms with E-state index >= 15 is 0 Å². The number of rotatable bonds is 3. The van der Waals surface area contributed by atoms with E-state index in [1.807, 2.05) is 6.92 Å². The summed E-state index contributed by atoms with van der Waals surface area (Å²) in [5.74, 6) is 0. The number of nitrogens with zero attached hydrogens (tertiary/aromatic N) is 1. The molecular formula is C11H20ClNO. The Labute approximate surface area is 91.6 Å². The molecule has 1 aliphatic heterocycles. The van der Waals surface area contributed by atoms with Crippen LogP contribution in [0.25, 0.3) is 0 Å². The maximum Gasteiger partial charge on any atom is 0.0693 e. The van der Waals surface area contributed by atoms with Gasteiger partial charge in [0.1, 0.15) is 0 Å². The van der Waals surface area contributed by atoms with Crippen LogP contribution in [-0.2, 0) is 0 Å². The zero-order valence-corrected chi connectivity index (χ0v) is 10.0. The lowest BCUT2D eigenvalue weighted by Gasteiger charge is -2.44. The molecule has 2 atom stereocenters. The Bertz CT molecular complexity index is 227. The van der Waals surface area contributed by atoms with E-state index in [1.54, 1.807) is 0 Å². The lowest BCUT2D eigenvalue weighted by molar-refractivity contribution is -0.0101. The van der Waals surface area contributed by atoms with Crippen molar-refractivity contribution >= 4 is 11.6 Å². The first-order valence-corrected chi connectivity index (χ1v) is 5.66. The van der Waals surface area contributed by atoms with Crippen LogP contribution >= 0.6 is 11.6 Å². The molecule has 0 radical (unpaired) electrons. The zero-order chi connectivity index (χ0) is 10.8. The monoisotopic (exact) mass is 217 g/mol. The minimum Gasteiger partial charge on any atom is -0.391 e. The van der Waals surface area contributed by atoms with Crippen molar-refractivity contribution in [3.8, 4) is 0 Å². The highest BCUT2D eigenvalue weighted by Gasteiger charge is 2.35. The van der Waals surface area contributed by atoms with Crippen molar-refractivity contribution in [2.45, 2.75) is 45.3 Å². The molecule has 1 N–H and O–H groups in total. The predicted molar refractivity (Wildman–Crippen MR) is 60.5 cm³/mol. The van der Waals surface area contributed by atoms with Gasteiger partial charge in [0.05, 0.1) is 6.10 Å². The van der Waals surface area contributed by atoms with E-state index in [9.17, 15) is 5.11 Å². The molecule has 1 heterocycles. The molecule has 0 saturated carbocycles. The van der Waals surface area contributed by atoms with E-state index in [4.69, 9.17) is 11.6 Å². The molecule has 0 aromatic heterocycles. The van der Waals surface area contributed by atoms with Gasteiger partial charge in [-0.2, -0.15) is 0 Å². The van der Waals surface area contributed by atoms with Crippen LogP contribution in [0.15, 0.2) is 11.1 Å². The number of aliphatic hydroxyl groups excluding tert-OH is 1. The van der Waals surface area contributed by atoms with Crippen LogP contribution in [0.3, 0.4) is 0 Å². The Morgan fingerprint density at radius 1 is 1.71 bits per heavy atom. The molecule has 0 bridgehead atoms. The summed E-state index contributed by atoms with van der Waals surface area (Å²) < 4.78 is 0. The summed E-state index contributed by atoms with van der Waals surface area (Å²) in [5.41, 5.74) is -0.144. The average molecular weight is 218 g/mol. The molecule has 1 rings (SSSR count). The molecule has 2 unspecified atom stereocenters. The van der Waals surface area contributed by atoms with E-state index in [-0.39, 0.29) is 11.6 Å². The minimum atomic E-state index is -0.324. The van der Waals surface area contributed by atoms with Crippen LogP contribution in [0.2, 0.25) is 0 Å². The Morgan fingerprint density at radius 3 is 2.79 bits per heavy atom.